The molecule has 2 aromatic rings. The van der Waals surface area contributed by atoms with Crippen LogP contribution in [0.3, 0.4) is 0 Å². The highest BCUT2D eigenvalue weighted by Crippen LogP contribution is 2.39. The Labute approximate surface area is 131 Å². The zero-order chi connectivity index (χ0) is 13.8. The molecular formula is C15H13BrCl2O. The van der Waals surface area contributed by atoms with Gasteiger partial charge in [-0.3, -0.25) is 0 Å². The smallest absolute Gasteiger partial charge is 0.137 e. The van der Waals surface area contributed by atoms with Crippen molar-refractivity contribution in [2.75, 3.05) is 7.11 Å². The first-order chi connectivity index (χ1) is 9.11. The van der Waals surface area contributed by atoms with Crippen LogP contribution in [0.5, 0.6) is 5.75 Å². The lowest BCUT2D eigenvalue weighted by Gasteiger charge is -2.16. The van der Waals surface area contributed by atoms with Crippen LogP contribution in [-0.4, -0.2) is 7.11 Å². The van der Waals surface area contributed by atoms with Gasteiger partial charge in [-0.05, 0) is 40.0 Å². The van der Waals surface area contributed by atoms with Crippen molar-refractivity contribution in [3.8, 4) is 5.75 Å². The van der Waals surface area contributed by atoms with Crippen LogP contribution < -0.4 is 4.74 Å². The molecule has 0 aliphatic heterocycles. The minimum Gasteiger partial charge on any atom is -0.495 e. The van der Waals surface area contributed by atoms with Crippen molar-refractivity contribution in [2.24, 2.45) is 0 Å². The molecule has 1 unspecified atom stereocenters. The van der Waals surface area contributed by atoms with Crippen molar-refractivity contribution in [3.05, 3.63) is 63.1 Å². The lowest BCUT2D eigenvalue weighted by Crippen LogP contribution is -2.00. The molecule has 0 aliphatic rings. The fraction of sp³-hybridized carbons (Fsp3) is 0.200. The largest absolute Gasteiger partial charge is 0.495 e. The van der Waals surface area contributed by atoms with E-state index in [9.17, 15) is 0 Å². The number of benzene rings is 2. The molecule has 2 aromatic carbocycles. The molecule has 4 heteroatoms. The number of alkyl halides is 1. The molecule has 0 N–H and O–H groups in total. The fourth-order valence-electron chi connectivity index (χ4n) is 1.96. The average molecular weight is 360 g/mol. The molecule has 2 rings (SSSR count). The molecule has 0 aromatic heterocycles. The van der Waals surface area contributed by atoms with Crippen LogP contribution in [0.15, 0.2) is 46.9 Å². The number of halogens is 3. The third-order valence-corrected chi connectivity index (χ3v) is 4.03. The predicted molar refractivity (Wildman–Crippen MR) is 84.4 cm³/mol. The first-order valence-corrected chi connectivity index (χ1v) is 7.43. The second kappa shape index (κ2) is 6.65. The maximum absolute atomic E-state index is 6.51. The van der Waals surface area contributed by atoms with Crippen LogP contribution in [0.4, 0.5) is 0 Å². The van der Waals surface area contributed by atoms with E-state index in [1.54, 1.807) is 13.2 Å². The Kier molecular flexibility index (Phi) is 5.14. The molecule has 0 saturated carbocycles. The number of rotatable bonds is 4. The van der Waals surface area contributed by atoms with Gasteiger partial charge in [0.1, 0.15) is 5.75 Å². The summed E-state index contributed by atoms with van der Waals surface area (Å²) in [6.45, 7) is 0. The van der Waals surface area contributed by atoms with E-state index < -0.39 is 0 Å². The maximum Gasteiger partial charge on any atom is 0.137 e. The van der Waals surface area contributed by atoms with E-state index >= 15 is 0 Å². The Bertz CT molecular complexity index is 558. The third-order valence-electron chi connectivity index (χ3n) is 2.84. The van der Waals surface area contributed by atoms with Crippen LogP contribution in [-0.2, 0) is 6.42 Å². The molecule has 100 valence electrons. The second-order valence-electron chi connectivity index (χ2n) is 4.17. The molecule has 1 nitrogen and oxygen atoms in total. The first kappa shape index (κ1) is 14.7. The molecule has 0 heterocycles. The minimum absolute atomic E-state index is 0.188. The highest BCUT2D eigenvalue weighted by atomic mass is 79.9. The monoisotopic (exact) mass is 358 g/mol. The van der Waals surface area contributed by atoms with Gasteiger partial charge in [-0.15, -0.1) is 11.6 Å². The predicted octanol–water partition coefficient (Wildman–Crippen LogP) is 5.63. The fourth-order valence-corrected chi connectivity index (χ4v) is 3.30. The molecular weight excluding hydrogens is 347 g/mol. The molecule has 0 fully saturated rings. The van der Waals surface area contributed by atoms with Gasteiger partial charge in [0.2, 0.25) is 0 Å². The Morgan fingerprint density at radius 1 is 1.21 bits per heavy atom. The van der Waals surface area contributed by atoms with Crippen LogP contribution in [0, 0.1) is 0 Å². The van der Waals surface area contributed by atoms with E-state index in [4.69, 9.17) is 27.9 Å². The minimum atomic E-state index is -0.188. The number of hydrogen-bond acceptors (Lipinski definition) is 1. The topological polar surface area (TPSA) is 9.23 Å². The summed E-state index contributed by atoms with van der Waals surface area (Å²) in [4.78, 5) is 0. The zero-order valence-electron chi connectivity index (χ0n) is 10.4. The molecule has 0 saturated heterocycles. The van der Waals surface area contributed by atoms with Gasteiger partial charge in [0.15, 0.2) is 0 Å². The first-order valence-electron chi connectivity index (χ1n) is 5.82. The van der Waals surface area contributed by atoms with Gasteiger partial charge >= 0.3 is 0 Å². The summed E-state index contributed by atoms with van der Waals surface area (Å²) in [5, 5.41) is 0.453. The lowest BCUT2D eigenvalue weighted by molar-refractivity contribution is 0.406. The Morgan fingerprint density at radius 3 is 2.53 bits per heavy atom. The van der Waals surface area contributed by atoms with Crippen LogP contribution >= 0.6 is 39.1 Å². The molecule has 0 radical (unpaired) electrons. The van der Waals surface area contributed by atoms with Gasteiger partial charge < -0.3 is 4.74 Å². The van der Waals surface area contributed by atoms with Gasteiger partial charge in [-0.25, -0.2) is 0 Å². The van der Waals surface area contributed by atoms with Gasteiger partial charge in [-0.2, -0.15) is 0 Å². The number of ether oxygens (including phenoxy) is 1. The summed E-state index contributed by atoms with van der Waals surface area (Å²) in [5.41, 5.74) is 2.08. The van der Waals surface area contributed by atoms with Gasteiger partial charge in [-0.1, -0.05) is 41.9 Å². The second-order valence-corrected chi connectivity index (χ2v) is 5.98. The maximum atomic E-state index is 6.51. The van der Waals surface area contributed by atoms with Crippen LogP contribution in [0.25, 0.3) is 0 Å². The molecule has 0 bridgehead atoms. The van der Waals surface area contributed by atoms with E-state index in [1.807, 2.05) is 24.3 Å². The van der Waals surface area contributed by atoms with Crippen molar-refractivity contribution in [1.82, 2.24) is 0 Å². The summed E-state index contributed by atoms with van der Waals surface area (Å²) in [6, 6.07) is 13.8. The third kappa shape index (κ3) is 3.65. The molecule has 0 spiro atoms. The van der Waals surface area contributed by atoms with Crippen molar-refractivity contribution >= 4 is 39.1 Å². The Hall–Kier alpha value is -0.700. The standard InChI is InChI=1S/C15H13BrCl2O/c1-19-15-12(8-11(17)9-13(15)16)14(18)7-10-5-3-2-4-6-10/h2-6,8-9,14H,7H2,1H3. The summed E-state index contributed by atoms with van der Waals surface area (Å²) in [5.74, 6) is 0.736. The van der Waals surface area contributed by atoms with Crippen molar-refractivity contribution in [3.63, 3.8) is 0 Å². The van der Waals surface area contributed by atoms with Crippen molar-refractivity contribution in [2.45, 2.75) is 11.8 Å². The zero-order valence-corrected chi connectivity index (χ0v) is 13.5. The van der Waals surface area contributed by atoms with E-state index in [2.05, 4.69) is 28.1 Å². The number of hydrogen-bond donors (Lipinski definition) is 0. The summed E-state index contributed by atoms with van der Waals surface area (Å²) >= 11 is 16.0. The van der Waals surface area contributed by atoms with Crippen LogP contribution in [0.2, 0.25) is 5.02 Å². The normalized spacial score (nSPS) is 12.2. The summed E-state index contributed by atoms with van der Waals surface area (Å²) < 4.78 is 6.22. The highest BCUT2D eigenvalue weighted by molar-refractivity contribution is 9.10. The summed E-state index contributed by atoms with van der Waals surface area (Å²) in [6.07, 6.45) is 0.728. The lowest BCUT2D eigenvalue weighted by atomic mass is 10.0. The van der Waals surface area contributed by atoms with Gasteiger partial charge in [0.05, 0.1) is 17.0 Å². The Morgan fingerprint density at radius 2 is 1.89 bits per heavy atom. The average Bonchev–Trinajstić information content (AvgIpc) is 2.39. The molecule has 0 aliphatic carbocycles. The van der Waals surface area contributed by atoms with Crippen molar-refractivity contribution in [1.29, 1.82) is 0 Å². The van der Waals surface area contributed by atoms with Gasteiger partial charge in [0.25, 0.3) is 0 Å². The van der Waals surface area contributed by atoms with E-state index in [0.717, 1.165) is 22.2 Å². The quantitative estimate of drug-likeness (QED) is 0.642. The van der Waals surface area contributed by atoms with E-state index in [0.29, 0.717) is 5.02 Å². The van der Waals surface area contributed by atoms with Gasteiger partial charge in [0, 0.05) is 10.6 Å². The Balaban J connectivity index is 2.30. The highest BCUT2D eigenvalue weighted by Gasteiger charge is 2.17. The van der Waals surface area contributed by atoms with Crippen molar-refractivity contribution < 1.29 is 4.74 Å². The SMILES string of the molecule is COc1c(Br)cc(Cl)cc1C(Cl)Cc1ccccc1. The van der Waals surface area contributed by atoms with E-state index in [-0.39, 0.29) is 5.38 Å². The molecule has 0 amide bonds. The van der Waals surface area contributed by atoms with E-state index in [1.165, 1.54) is 5.56 Å². The van der Waals surface area contributed by atoms with Crippen LogP contribution in [0.1, 0.15) is 16.5 Å². The summed E-state index contributed by atoms with van der Waals surface area (Å²) in [7, 11) is 1.63. The molecule has 1 atom stereocenters. The molecule has 19 heavy (non-hydrogen) atoms. The number of methoxy groups -OCH3 is 1.